The summed E-state index contributed by atoms with van der Waals surface area (Å²) in [4.78, 5) is 22.7. The first-order chi connectivity index (χ1) is 15.7. The summed E-state index contributed by atoms with van der Waals surface area (Å²) in [6, 6.07) is 17.3. The summed E-state index contributed by atoms with van der Waals surface area (Å²) in [6.07, 6.45) is 1.27. The lowest BCUT2D eigenvalue weighted by Crippen LogP contribution is -2.39. The third kappa shape index (κ3) is 6.07. The van der Waals surface area contributed by atoms with E-state index in [9.17, 15) is 23.3 Å². The van der Waals surface area contributed by atoms with Crippen LogP contribution < -0.4 is 9.73 Å². The Morgan fingerprint density at radius 2 is 1.70 bits per heavy atom. The lowest BCUT2D eigenvalue weighted by molar-refractivity contribution is -0.384. The smallest absolute Gasteiger partial charge is 0.269 e. The molecule has 0 aliphatic rings. The number of nitro groups is 1. The first-order valence-electron chi connectivity index (χ1n) is 9.27. The highest BCUT2D eigenvalue weighted by Crippen LogP contribution is 2.30. The average molecular weight is 507 g/mol. The van der Waals surface area contributed by atoms with Crippen molar-refractivity contribution in [2.75, 3.05) is 10.8 Å². The second kappa shape index (κ2) is 10.4. The molecule has 0 fully saturated rings. The van der Waals surface area contributed by atoms with E-state index in [1.807, 2.05) is 0 Å². The van der Waals surface area contributed by atoms with E-state index in [1.54, 1.807) is 18.2 Å². The van der Waals surface area contributed by atoms with E-state index in [1.165, 1.54) is 60.8 Å². The Morgan fingerprint density at radius 3 is 2.30 bits per heavy atom. The monoisotopic (exact) mass is 506 g/mol. The van der Waals surface area contributed by atoms with Crippen LogP contribution in [0.5, 0.6) is 0 Å². The molecule has 0 aromatic heterocycles. The van der Waals surface area contributed by atoms with E-state index in [4.69, 9.17) is 23.2 Å². The van der Waals surface area contributed by atoms with Crippen molar-refractivity contribution in [3.8, 4) is 0 Å². The largest absolute Gasteiger partial charge is 0.271 e. The molecule has 170 valence electrons. The van der Waals surface area contributed by atoms with Crippen molar-refractivity contribution >= 4 is 56.7 Å². The van der Waals surface area contributed by atoms with Gasteiger partial charge < -0.3 is 0 Å². The van der Waals surface area contributed by atoms with Gasteiger partial charge in [0.15, 0.2) is 0 Å². The van der Waals surface area contributed by atoms with E-state index < -0.39 is 27.4 Å². The van der Waals surface area contributed by atoms with Gasteiger partial charge in [0.1, 0.15) is 6.54 Å². The van der Waals surface area contributed by atoms with Crippen LogP contribution in [0.2, 0.25) is 10.0 Å². The molecule has 3 aromatic rings. The summed E-state index contributed by atoms with van der Waals surface area (Å²) in [5.41, 5.74) is 2.81. The number of halogens is 2. The highest BCUT2D eigenvalue weighted by atomic mass is 35.5. The molecule has 0 saturated carbocycles. The standard InChI is InChI=1S/C21H16Cl2N4O5S/c22-19-11-10-17(12-20(19)23)26(33(31,32)18-4-2-1-3-5-18)14-21(28)25-24-13-15-6-8-16(9-7-15)27(29)30/h1-13H,14H2,(H,25,28)/b24-13+. The maximum absolute atomic E-state index is 13.2. The molecular formula is C21H16Cl2N4O5S. The number of hydrogen-bond acceptors (Lipinski definition) is 6. The van der Waals surface area contributed by atoms with Crippen LogP contribution in [0, 0.1) is 10.1 Å². The van der Waals surface area contributed by atoms with Crippen LogP contribution in [0.1, 0.15) is 5.56 Å². The third-order valence-electron chi connectivity index (χ3n) is 4.32. The zero-order valence-corrected chi connectivity index (χ0v) is 19.1. The molecule has 0 aliphatic heterocycles. The van der Waals surface area contributed by atoms with Crippen molar-refractivity contribution in [3.05, 3.63) is 98.5 Å². The first kappa shape index (κ1) is 24.2. The molecule has 0 heterocycles. The second-order valence-electron chi connectivity index (χ2n) is 6.56. The van der Waals surface area contributed by atoms with E-state index in [0.29, 0.717) is 5.56 Å². The zero-order chi connectivity index (χ0) is 24.0. The first-order valence-corrected chi connectivity index (χ1v) is 11.5. The van der Waals surface area contributed by atoms with E-state index in [0.717, 1.165) is 4.31 Å². The molecule has 0 atom stereocenters. The second-order valence-corrected chi connectivity index (χ2v) is 9.24. The number of non-ortho nitro benzene ring substituents is 1. The fraction of sp³-hybridized carbons (Fsp3) is 0.0476. The van der Waals surface area contributed by atoms with Crippen molar-refractivity contribution in [2.45, 2.75) is 4.90 Å². The summed E-state index contributed by atoms with van der Waals surface area (Å²) in [5, 5.41) is 14.8. The van der Waals surface area contributed by atoms with E-state index in [-0.39, 0.29) is 26.3 Å². The van der Waals surface area contributed by atoms with Gasteiger partial charge in [0.25, 0.3) is 21.6 Å². The molecule has 0 saturated heterocycles. The van der Waals surface area contributed by atoms with Crippen molar-refractivity contribution < 1.29 is 18.1 Å². The number of sulfonamides is 1. The van der Waals surface area contributed by atoms with Gasteiger partial charge in [0.2, 0.25) is 0 Å². The van der Waals surface area contributed by atoms with Crippen molar-refractivity contribution in [2.24, 2.45) is 5.10 Å². The van der Waals surface area contributed by atoms with Crippen LogP contribution in [0.15, 0.2) is 82.8 Å². The molecule has 12 heteroatoms. The molecule has 33 heavy (non-hydrogen) atoms. The van der Waals surface area contributed by atoms with Crippen LogP contribution in [-0.4, -0.2) is 32.0 Å². The number of carbonyl (C=O) groups is 1. The van der Waals surface area contributed by atoms with Crippen LogP contribution in [0.3, 0.4) is 0 Å². The summed E-state index contributed by atoms with van der Waals surface area (Å²) >= 11 is 12.0. The normalized spacial score (nSPS) is 11.3. The number of hydrazone groups is 1. The quantitative estimate of drug-likeness (QED) is 0.278. The highest BCUT2D eigenvalue weighted by molar-refractivity contribution is 7.92. The molecule has 0 aliphatic carbocycles. The molecule has 0 spiro atoms. The summed E-state index contributed by atoms with van der Waals surface area (Å²) in [5.74, 6) is -0.723. The fourth-order valence-corrected chi connectivity index (χ4v) is 4.43. The Balaban J connectivity index is 1.81. The Hall–Kier alpha value is -3.47. The average Bonchev–Trinajstić information content (AvgIpc) is 2.80. The van der Waals surface area contributed by atoms with Crippen LogP contribution >= 0.6 is 23.2 Å². The number of nitrogens with zero attached hydrogens (tertiary/aromatic N) is 3. The molecule has 3 aromatic carbocycles. The Morgan fingerprint density at radius 1 is 1.03 bits per heavy atom. The minimum absolute atomic E-state index is 0.0155. The maximum atomic E-state index is 13.2. The van der Waals surface area contributed by atoms with Crippen LogP contribution in [-0.2, 0) is 14.8 Å². The van der Waals surface area contributed by atoms with Crippen molar-refractivity contribution in [1.82, 2.24) is 5.43 Å². The number of rotatable bonds is 8. The SMILES string of the molecule is O=C(CN(c1ccc(Cl)c(Cl)c1)S(=O)(=O)c1ccccc1)N/N=C/c1ccc([N+](=O)[O-])cc1. The topological polar surface area (TPSA) is 122 Å². The fourth-order valence-electron chi connectivity index (χ4n) is 2.70. The Bertz CT molecular complexity index is 1300. The van der Waals surface area contributed by atoms with Gasteiger partial charge in [-0.15, -0.1) is 0 Å². The molecule has 3 rings (SSSR count). The molecule has 9 nitrogen and oxygen atoms in total. The predicted molar refractivity (Wildman–Crippen MR) is 126 cm³/mol. The number of carbonyl (C=O) groups excluding carboxylic acids is 1. The van der Waals surface area contributed by atoms with Gasteiger partial charge >= 0.3 is 0 Å². The van der Waals surface area contributed by atoms with Gasteiger partial charge in [-0.05, 0) is 48.0 Å². The summed E-state index contributed by atoms with van der Waals surface area (Å²) in [6.45, 7) is -0.590. The molecule has 0 radical (unpaired) electrons. The maximum Gasteiger partial charge on any atom is 0.269 e. The Labute approximate surface area is 199 Å². The predicted octanol–water partition coefficient (Wildman–Crippen LogP) is 4.25. The minimum atomic E-state index is -4.11. The number of anilines is 1. The summed E-state index contributed by atoms with van der Waals surface area (Å²) in [7, 11) is -4.11. The minimum Gasteiger partial charge on any atom is -0.271 e. The highest BCUT2D eigenvalue weighted by Gasteiger charge is 2.27. The Kier molecular flexibility index (Phi) is 7.64. The van der Waals surface area contributed by atoms with Gasteiger partial charge in [-0.2, -0.15) is 5.10 Å². The van der Waals surface area contributed by atoms with Crippen molar-refractivity contribution in [3.63, 3.8) is 0 Å². The molecule has 1 N–H and O–H groups in total. The molecule has 0 bridgehead atoms. The third-order valence-corrected chi connectivity index (χ3v) is 6.84. The lowest BCUT2D eigenvalue weighted by atomic mass is 10.2. The summed E-state index contributed by atoms with van der Waals surface area (Å²) < 4.78 is 27.3. The van der Waals surface area contributed by atoms with E-state index in [2.05, 4.69) is 10.5 Å². The lowest BCUT2D eigenvalue weighted by Gasteiger charge is -2.24. The van der Waals surface area contributed by atoms with Gasteiger partial charge in [-0.1, -0.05) is 41.4 Å². The van der Waals surface area contributed by atoms with Gasteiger partial charge in [0.05, 0.1) is 31.8 Å². The number of amides is 1. The van der Waals surface area contributed by atoms with Gasteiger partial charge in [-0.25, -0.2) is 13.8 Å². The number of hydrogen-bond donors (Lipinski definition) is 1. The van der Waals surface area contributed by atoms with Crippen LogP contribution in [0.25, 0.3) is 0 Å². The molecule has 0 unspecified atom stereocenters. The van der Waals surface area contributed by atoms with E-state index >= 15 is 0 Å². The number of benzene rings is 3. The molecule has 1 amide bonds. The van der Waals surface area contributed by atoms with Gasteiger partial charge in [0, 0.05) is 12.1 Å². The zero-order valence-electron chi connectivity index (χ0n) is 16.8. The van der Waals surface area contributed by atoms with Crippen molar-refractivity contribution in [1.29, 1.82) is 0 Å². The number of nitrogens with one attached hydrogen (secondary N) is 1. The number of nitro benzene ring substituents is 1. The van der Waals surface area contributed by atoms with Gasteiger partial charge in [-0.3, -0.25) is 19.2 Å². The molecular weight excluding hydrogens is 491 g/mol. The van der Waals surface area contributed by atoms with Crippen LogP contribution in [0.4, 0.5) is 11.4 Å².